The Kier molecular flexibility index (Phi) is 6.79. The van der Waals surface area contributed by atoms with Crippen molar-refractivity contribution in [1.82, 2.24) is 4.98 Å². The summed E-state index contributed by atoms with van der Waals surface area (Å²) >= 11 is 0. The lowest BCUT2D eigenvalue weighted by Crippen LogP contribution is -2.30. The Morgan fingerprint density at radius 2 is 1.92 bits per heavy atom. The third-order valence-corrected chi connectivity index (χ3v) is 4.26. The molecule has 1 aliphatic heterocycles. The number of nitrogens with two attached hydrogens (primary N) is 1. The van der Waals surface area contributed by atoms with Crippen LogP contribution in [0, 0.1) is 11.8 Å². The molecule has 0 bridgehead atoms. The standard InChI is InChI=1S/C19H20N2O2.CH5N/c1-3-7-14-12-20-19(21-8-5-4-6-9-21)17-11-18(23-2)15(13-22)10-16(14)17;1-2/h10-13H,4-6,8-9H2,1-2H3;2H2,1H3. The number of rotatable bonds is 3. The zero-order chi connectivity index (χ0) is 18.2. The van der Waals surface area contributed by atoms with Gasteiger partial charge in [0.25, 0.3) is 0 Å². The first-order chi connectivity index (χ1) is 12.3. The molecule has 1 saturated heterocycles. The van der Waals surface area contributed by atoms with Crippen molar-refractivity contribution in [3.05, 3.63) is 29.5 Å². The Balaban J connectivity index is 0.00000109. The number of benzene rings is 1. The number of anilines is 1. The van der Waals surface area contributed by atoms with Gasteiger partial charge in [0.1, 0.15) is 11.6 Å². The second-order valence-electron chi connectivity index (χ2n) is 5.68. The molecule has 2 heterocycles. The topological polar surface area (TPSA) is 68.5 Å². The summed E-state index contributed by atoms with van der Waals surface area (Å²) in [4.78, 5) is 18.3. The highest BCUT2D eigenvalue weighted by atomic mass is 16.5. The summed E-state index contributed by atoms with van der Waals surface area (Å²) in [5.74, 6) is 7.53. The third kappa shape index (κ3) is 3.92. The normalized spacial score (nSPS) is 13.4. The largest absolute Gasteiger partial charge is 0.496 e. The van der Waals surface area contributed by atoms with E-state index in [0.29, 0.717) is 11.3 Å². The van der Waals surface area contributed by atoms with Crippen LogP contribution in [-0.4, -0.2) is 38.5 Å². The fourth-order valence-electron chi connectivity index (χ4n) is 3.13. The van der Waals surface area contributed by atoms with Gasteiger partial charge in [-0.05, 0) is 45.4 Å². The van der Waals surface area contributed by atoms with Crippen LogP contribution in [0.4, 0.5) is 5.82 Å². The van der Waals surface area contributed by atoms with Crippen LogP contribution in [0.3, 0.4) is 0 Å². The molecule has 2 aromatic rings. The Bertz CT molecular complexity index is 800. The number of aldehydes is 1. The molecule has 0 spiro atoms. The summed E-state index contributed by atoms with van der Waals surface area (Å²) in [6, 6.07) is 3.77. The van der Waals surface area contributed by atoms with E-state index >= 15 is 0 Å². The zero-order valence-electron chi connectivity index (χ0n) is 15.1. The summed E-state index contributed by atoms with van der Waals surface area (Å²) in [6.07, 6.45) is 6.27. The molecule has 132 valence electrons. The lowest BCUT2D eigenvalue weighted by atomic mass is 10.0. The highest BCUT2D eigenvalue weighted by molar-refractivity contribution is 6.00. The van der Waals surface area contributed by atoms with Crippen LogP contribution in [0.25, 0.3) is 10.8 Å². The molecule has 1 fully saturated rings. The summed E-state index contributed by atoms with van der Waals surface area (Å²) < 4.78 is 5.37. The van der Waals surface area contributed by atoms with Crippen molar-refractivity contribution in [1.29, 1.82) is 0 Å². The number of carbonyl (C=O) groups excluding carboxylic acids is 1. The number of pyridine rings is 1. The van der Waals surface area contributed by atoms with Crippen LogP contribution in [0.2, 0.25) is 0 Å². The van der Waals surface area contributed by atoms with Crippen molar-refractivity contribution < 1.29 is 9.53 Å². The first kappa shape index (κ1) is 18.8. The van der Waals surface area contributed by atoms with Gasteiger partial charge in [0.2, 0.25) is 0 Å². The van der Waals surface area contributed by atoms with E-state index in [0.717, 1.165) is 41.5 Å². The van der Waals surface area contributed by atoms with Gasteiger partial charge >= 0.3 is 0 Å². The summed E-state index contributed by atoms with van der Waals surface area (Å²) in [7, 11) is 3.08. The van der Waals surface area contributed by atoms with Gasteiger partial charge < -0.3 is 15.4 Å². The average molecular weight is 339 g/mol. The molecule has 0 atom stereocenters. The van der Waals surface area contributed by atoms with Gasteiger partial charge in [-0.15, -0.1) is 5.92 Å². The maximum atomic E-state index is 11.3. The second kappa shape index (κ2) is 9.05. The van der Waals surface area contributed by atoms with E-state index in [1.54, 1.807) is 14.0 Å². The number of nitrogens with zero attached hydrogens (tertiary/aromatic N) is 2. The number of hydrogen-bond donors (Lipinski definition) is 1. The smallest absolute Gasteiger partial charge is 0.153 e. The fraction of sp³-hybridized carbons (Fsp3) is 0.400. The molecule has 1 aliphatic rings. The van der Waals surface area contributed by atoms with Gasteiger partial charge in [0.05, 0.1) is 18.2 Å². The van der Waals surface area contributed by atoms with E-state index in [9.17, 15) is 4.79 Å². The van der Waals surface area contributed by atoms with Crippen molar-refractivity contribution >= 4 is 22.9 Å². The first-order valence-corrected chi connectivity index (χ1v) is 8.50. The van der Waals surface area contributed by atoms with Crippen LogP contribution in [0.1, 0.15) is 42.1 Å². The molecular weight excluding hydrogens is 314 g/mol. The van der Waals surface area contributed by atoms with Crippen LogP contribution in [0.5, 0.6) is 5.75 Å². The number of carbonyl (C=O) groups is 1. The molecule has 0 aliphatic carbocycles. The van der Waals surface area contributed by atoms with Gasteiger partial charge in [-0.2, -0.15) is 0 Å². The third-order valence-electron chi connectivity index (χ3n) is 4.26. The lowest BCUT2D eigenvalue weighted by Gasteiger charge is -2.29. The van der Waals surface area contributed by atoms with E-state index in [1.807, 2.05) is 18.3 Å². The van der Waals surface area contributed by atoms with Gasteiger partial charge in [-0.25, -0.2) is 4.98 Å². The molecule has 0 amide bonds. The molecule has 1 aromatic heterocycles. The number of ether oxygens (including phenoxy) is 1. The minimum absolute atomic E-state index is 0.537. The predicted molar refractivity (Wildman–Crippen MR) is 102 cm³/mol. The Hall–Kier alpha value is -2.58. The monoisotopic (exact) mass is 339 g/mol. The number of aromatic nitrogens is 1. The summed E-state index contributed by atoms with van der Waals surface area (Å²) in [5.41, 5.74) is 5.88. The molecule has 0 radical (unpaired) electrons. The van der Waals surface area contributed by atoms with Crippen LogP contribution in [-0.2, 0) is 0 Å². The summed E-state index contributed by atoms with van der Waals surface area (Å²) in [6.45, 7) is 3.83. The number of fused-ring (bicyclic) bond motifs is 1. The highest BCUT2D eigenvalue weighted by Crippen LogP contribution is 2.33. The maximum absolute atomic E-state index is 11.3. The van der Waals surface area contributed by atoms with Crippen LogP contribution < -0.4 is 15.4 Å². The van der Waals surface area contributed by atoms with E-state index in [-0.39, 0.29) is 0 Å². The van der Waals surface area contributed by atoms with Gasteiger partial charge in [-0.1, -0.05) is 5.92 Å². The quantitative estimate of drug-likeness (QED) is 0.688. The van der Waals surface area contributed by atoms with Gasteiger partial charge in [0, 0.05) is 30.1 Å². The fourth-order valence-corrected chi connectivity index (χ4v) is 3.13. The molecular formula is C20H25N3O2. The minimum atomic E-state index is 0.537. The van der Waals surface area contributed by atoms with Gasteiger partial charge in [0.15, 0.2) is 6.29 Å². The number of methoxy groups -OCH3 is 1. The van der Waals surface area contributed by atoms with Crippen molar-refractivity contribution in [2.75, 3.05) is 32.1 Å². The van der Waals surface area contributed by atoms with E-state index in [2.05, 4.69) is 27.5 Å². The van der Waals surface area contributed by atoms with Crippen molar-refractivity contribution in [2.24, 2.45) is 5.73 Å². The molecule has 5 heteroatoms. The molecule has 0 unspecified atom stereocenters. The Morgan fingerprint density at radius 1 is 1.20 bits per heavy atom. The van der Waals surface area contributed by atoms with E-state index < -0.39 is 0 Å². The molecule has 25 heavy (non-hydrogen) atoms. The lowest BCUT2D eigenvalue weighted by molar-refractivity contribution is 0.112. The van der Waals surface area contributed by atoms with Crippen LogP contribution in [0.15, 0.2) is 18.3 Å². The second-order valence-corrected chi connectivity index (χ2v) is 5.68. The molecule has 0 saturated carbocycles. The molecule has 3 rings (SSSR count). The minimum Gasteiger partial charge on any atom is -0.496 e. The van der Waals surface area contributed by atoms with Crippen molar-refractivity contribution in [3.8, 4) is 17.6 Å². The summed E-state index contributed by atoms with van der Waals surface area (Å²) in [5, 5.41) is 1.95. The average Bonchev–Trinajstić information content (AvgIpc) is 2.69. The van der Waals surface area contributed by atoms with E-state index in [4.69, 9.17) is 4.74 Å². The van der Waals surface area contributed by atoms with Crippen LogP contribution >= 0.6 is 0 Å². The first-order valence-electron chi connectivity index (χ1n) is 8.50. The highest BCUT2D eigenvalue weighted by Gasteiger charge is 2.18. The number of hydrogen-bond acceptors (Lipinski definition) is 5. The van der Waals surface area contributed by atoms with Gasteiger partial charge in [-0.3, -0.25) is 4.79 Å². The zero-order valence-corrected chi connectivity index (χ0v) is 15.1. The Labute approximate surface area is 149 Å². The molecule has 2 N–H and O–H groups in total. The predicted octanol–water partition coefficient (Wildman–Crippen LogP) is 2.99. The Morgan fingerprint density at radius 3 is 2.52 bits per heavy atom. The van der Waals surface area contributed by atoms with E-state index in [1.165, 1.54) is 26.3 Å². The van der Waals surface area contributed by atoms with Crippen molar-refractivity contribution in [3.63, 3.8) is 0 Å². The number of piperidine rings is 1. The maximum Gasteiger partial charge on any atom is 0.153 e. The SMILES string of the molecule is CC#Cc1cnc(N2CCCCC2)c2cc(OC)c(C=O)cc12.CN. The van der Waals surface area contributed by atoms with Crippen molar-refractivity contribution in [2.45, 2.75) is 26.2 Å². The molecule has 1 aromatic carbocycles. The molecule has 5 nitrogen and oxygen atoms in total.